The molecule has 0 atom stereocenters. The van der Waals surface area contributed by atoms with E-state index in [0.29, 0.717) is 11.3 Å². The van der Waals surface area contributed by atoms with Gasteiger partial charge in [0.2, 0.25) is 5.91 Å². The summed E-state index contributed by atoms with van der Waals surface area (Å²) in [6, 6.07) is 7.91. The van der Waals surface area contributed by atoms with Gasteiger partial charge in [-0.15, -0.1) is 0 Å². The second-order valence-corrected chi connectivity index (χ2v) is 6.43. The Bertz CT molecular complexity index is 890. The maximum Gasteiger partial charge on any atom is 0.222 e. The molecule has 2 heterocycles. The van der Waals surface area contributed by atoms with Crippen molar-refractivity contribution < 1.29 is 6.17 Å². The number of hydrogen-bond donors (Lipinski definition) is 1. The van der Waals surface area contributed by atoms with Gasteiger partial charge in [-0.1, -0.05) is 57.2 Å². The van der Waals surface area contributed by atoms with Crippen LogP contribution in [0.1, 0.15) is 53.7 Å². The fourth-order valence-electron chi connectivity index (χ4n) is 3.23. The molecule has 0 aliphatic heterocycles. The van der Waals surface area contributed by atoms with E-state index in [1.54, 1.807) is 0 Å². The number of imidazole rings is 1. The fourth-order valence-corrected chi connectivity index (χ4v) is 3.23. The summed E-state index contributed by atoms with van der Waals surface area (Å²) in [5.74, 6) is 0.0669. The lowest BCUT2D eigenvalue weighted by molar-refractivity contribution is -0.114. The molecule has 25 heavy (non-hydrogen) atoms. The van der Waals surface area contributed by atoms with E-state index in [2.05, 4.69) is 26.8 Å². The van der Waals surface area contributed by atoms with E-state index in [9.17, 15) is 4.79 Å². The monoisotopic (exact) mass is 340 g/mol. The SMILES string of the molecule is [3H]CC(=O)Nc1nc2ccccc2c2c1ncn2CCCCCCCC. The number of rotatable bonds is 8. The minimum atomic E-state index is -0.375. The maximum absolute atomic E-state index is 11.7. The van der Waals surface area contributed by atoms with Gasteiger partial charge in [0, 0.05) is 20.2 Å². The molecule has 0 saturated carbocycles. The van der Waals surface area contributed by atoms with Crippen molar-refractivity contribution in [2.24, 2.45) is 0 Å². The first-order valence-electron chi connectivity index (χ1n) is 9.78. The molecule has 0 fully saturated rings. The zero-order valence-electron chi connectivity index (χ0n) is 15.8. The van der Waals surface area contributed by atoms with Crippen LogP contribution >= 0.6 is 0 Å². The Balaban J connectivity index is 1.89. The van der Waals surface area contributed by atoms with Crippen molar-refractivity contribution >= 4 is 33.7 Å². The van der Waals surface area contributed by atoms with Crippen molar-refractivity contribution in [1.29, 1.82) is 0 Å². The zero-order chi connectivity index (χ0) is 18.4. The van der Waals surface area contributed by atoms with Gasteiger partial charge in [-0.2, -0.15) is 0 Å². The number of unbranched alkanes of at least 4 members (excludes halogenated alkanes) is 5. The van der Waals surface area contributed by atoms with Crippen LogP contribution in [0, 0.1) is 0 Å². The molecule has 0 unspecified atom stereocenters. The fraction of sp³-hybridized carbons (Fsp3) is 0.450. The summed E-state index contributed by atoms with van der Waals surface area (Å²) >= 11 is 0. The van der Waals surface area contributed by atoms with Crippen LogP contribution in [-0.2, 0) is 11.3 Å². The van der Waals surface area contributed by atoms with Crippen LogP contribution in [0.15, 0.2) is 30.6 Å². The number of fused-ring (bicyclic) bond motifs is 3. The smallest absolute Gasteiger partial charge is 0.222 e. The first kappa shape index (κ1) is 16.1. The lowest BCUT2D eigenvalue weighted by Gasteiger charge is -2.09. The summed E-state index contributed by atoms with van der Waals surface area (Å²) in [4.78, 5) is 20.7. The third-order valence-corrected chi connectivity index (χ3v) is 4.46. The van der Waals surface area contributed by atoms with Crippen molar-refractivity contribution in [2.75, 3.05) is 5.32 Å². The molecule has 0 aliphatic carbocycles. The highest BCUT2D eigenvalue weighted by Gasteiger charge is 2.14. The average Bonchev–Trinajstić information content (AvgIpc) is 3.09. The summed E-state index contributed by atoms with van der Waals surface area (Å²) in [5.41, 5.74) is 2.52. The highest BCUT2D eigenvalue weighted by atomic mass is 16.1. The third kappa shape index (κ3) is 3.98. The van der Waals surface area contributed by atoms with Gasteiger partial charge >= 0.3 is 0 Å². The number of para-hydroxylation sites is 1. The van der Waals surface area contributed by atoms with Crippen LogP contribution in [-0.4, -0.2) is 20.4 Å². The molecule has 132 valence electrons. The predicted molar refractivity (Wildman–Crippen MR) is 103 cm³/mol. The number of nitrogens with zero attached hydrogens (tertiary/aromatic N) is 3. The zero-order valence-corrected chi connectivity index (χ0v) is 14.8. The summed E-state index contributed by atoms with van der Waals surface area (Å²) < 4.78 is 9.39. The molecule has 0 radical (unpaired) electrons. The molecule has 1 N–H and O–H groups in total. The molecule has 3 rings (SSSR count). The number of benzene rings is 1. The third-order valence-electron chi connectivity index (χ3n) is 4.46. The summed E-state index contributed by atoms with van der Waals surface area (Å²) in [6.45, 7) is 2.81. The molecule has 0 bridgehead atoms. The van der Waals surface area contributed by atoms with E-state index < -0.39 is 0 Å². The normalized spacial score (nSPS) is 11.8. The van der Waals surface area contributed by atoms with Gasteiger partial charge in [-0.25, -0.2) is 9.97 Å². The number of carbonyl (C=O) groups excluding carboxylic acids is 1. The van der Waals surface area contributed by atoms with Gasteiger partial charge < -0.3 is 9.88 Å². The molecule has 0 spiro atoms. The van der Waals surface area contributed by atoms with Crippen molar-refractivity contribution in [2.45, 2.75) is 58.9 Å². The van der Waals surface area contributed by atoms with Gasteiger partial charge in [0.25, 0.3) is 0 Å². The number of hydrogen-bond acceptors (Lipinski definition) is 3. The highest BCUT2D eigenvalue weighted by molar-refractivity contribution is 6.09. The van der Waals surface area contributed by atoms with Crippen molar-refractivity contribution in [3.8, 4) is 0 Å². The van der Waals surface area contributed by atoms with Crippen molar-refractivity contribution in [3.63, 3.8) is 0 Å². The minimum absolute atomic E-state index is 0.325. The Morgan fingerprint density at radius 2 is 2.00 bits per heavy atom. The summed E-state index contributed by atoms with van der Waals surface area (Å²) in [5, 5.41) is 3.75. The quantitative estimate of drug-likeness (QED) is 0.593. The Labute approximate surface area is 149 Å². The second kappa shape index (κ2) is 8.10. The Morgan fingerprint density at radius 1 is 1.20 bits per heavy atom. The number of carbonyl (C=O) groups is 1. The van der Waals surface area contributed by atoms with Crippen LogP contribution in [0.4, 0.5) is 5.82 Å². The number of pyridine rings is 1. The maximum atomic E-state index is 11.7. The van der Waals surface area contributed by atoms with Gasteiger partial charge in [-0.05, 0) is 12.5 Å². The molecular weight excluding hydrogens is 312 g/mol. The van der Waals surface area contributed by atoms with Crippen LogP contribution < -0.4 is 5.32 Å². The number of anilines is 1. The highest BCUT2D eigenvalue weighted by Crippen LogP contribution is 2.28. The molecule has 1 aromatic carbocycles. The molecule has 2 aromatic heterocycles. The van der Waals surface area contributed by atoms with Gasteiger partial charge in [0.15, 0.2) is 5.82 Å². The van der Waals surface area contributed by atoms with E-state index >= 15 is 0 Å². The molecule has 0 aliphatic rings. The van der Waals surface area contributed by atoms with Crippen LogP contribution in [0.25, 0.3) is 21.9 Å². The van der Waals surface area contributed by atoms with Crippen molar-refractivity contribution in [1.82, 2.24) is 14.5 Å². The van der Waals surface area contributed by atoms with Crippen LogP contribution in [0.3, 0.4) is 0 Å². The van der Waals surface area contributed by atoms with E-state index in [-0.39, 0.29) is 12.8 Å². The van der Waals surface area contributed by atoms with Gasteiger partial charge in [0.05, 0.1) is 17.4 Å². The Morgan fingerprint density at radius 3 is 2.84 bits per heavy atom. The van der Waals surface area contributed by atoms with E-state index in [1.807, 2.05) is 30.6 Å². The number of amides is 1. The first-order valence-corrected chi connectivity index (χ1v) is 9.07. The number of aromatic nitrogens is 3. The Hall–Kier alpha value is -2.43. The van der Waals surface area contributed by atoms with Gasteiger partial charge in [-0.3, -0.25) is 4.79 Å². The lowest BCUT2D eigenvalue weighted by atomic mass is 10.1. The molecule has 5 nitrogen and oxygen atoms in total. The summed E-state index contributed by atoms with van der Waals surface area (Å²) in [7, 11) is 0. The van der Waals surface area contributed by atoms with E-state index in [1.165, 1.54) is 32.1 Å². The molecule has 5 heteroatoms. The second-order valence-electron chi connectivity index (χ2n) is 6.43. The topological polar surface area (TPSA) is 59.8 Å². The van der Waals surface area contributed by atoms with Crippen LogP contribution in [0.5, 0.6) is 0 Å². The average molecular weight is 340 g/mol. The van der Waals surface area contributed by atoms with E-state index in [4.69, 9.17) is 1.37 Å². The Kier molecular flexibility index (Phi) is 5.20. The standard InChI is InChI=1S/C20H26N4O/c1-3-4-5-6-7-10-13-24-14-21-18-19(24)16-11-8-9-12-17(16)23-20(18)22-15(2)25/h8-9,11-12,14H,3-7,10,13H2,1-2H3,(H,22,23,25)/i2T. The lowest BCUT2D eigenvalue weighted by Crippen LogP contribution is -2.08. The number of aryl methyl sites for hydroxylation is 1. The number of nitrogens with one attached hydrogen (secondary N) is 1. The molecule has 1 amide bonds. The minimum Gasteiger partial charge on any atom is -0.330 e. The van der Waals surface area contributed by atoms with Crippen molar-refractivity contribution in [3.05, 3.63) is 30.6 Å². The predicted octanol–water partition coefficient (Wildman–Crippen LogP) is 4.90. The molecular formula is C20H26N4O. The largest absolute Gasteiger partial charge is 0.330 e. The first-order chi connectivity index (χ1) is 12.7. The molecule has 0 saturated heterocycles. The molecule has 3 aromatic rings. The van der Waals surface area contributed by atoms with E-state index in [0.717, 1.165) is 29.4 Å². The van der Waals surface area contributed by atoms with Gasteiger partial charge in [0.1, 0.15) is 5.52 Å². The summed E-state index contributed by atoms with van der Waals surface area (Å²) in [6.07, 6.45) is 9.30. The van der Waals surface area contributed by atoms with Crippen LogP contribution in [0.2, 0.25) is 0 Å².